The van der Waals surface area contributed by atoms with Crippen molar-refractivity contribution in [3.63, 3.8) is 0 Å². The Hall–Kier alpha value is -1.53. The van der Waals surface area contributed by atoms with Crippen LogP contribution in [0.3, 0.4) is 0 Å². The number of nitriles is 1. The highest BCUT2D eigenvalue weighted by molar-refractivity contribution is 5.64. The smallest absolute Gasteiger partial charge is 0.101 e. The summed E-state index contributed by atoms with van der Waals surface area (Å²) >= 11 is 0. The van der Waals surface area contributed by atoms with E-state index in [-0.39, 0.29) is 0 Å². The number of hydrogen-bond donors (Lipinski definition) is 1. The first-order valence-corrected chi connectivity index (χ1v) is 6.67. The molecule has 1 saturated heterocycles. The summed E-state index contributed by atoms with van der Waals surface area (Å²) in [5, 5.41) is 12.7. The molecule has 0 spiro atoms. The van der Waals surface area contributed by atoms with Crippen LogP contribution < -0.4 is 10.2 Å². The lowest BCUT2D eigenvalue weighted by molar-refractivity contribution is 0.566. The van der Waals surface area contributed by atoms with Crippen molar-refractivity contribution in [1.82, 2.24) is 5.32 Å². The summed E-state index contributed by atoms with van der Waals surface area (Å²) in [7, 11) is 2.12. The quantitative estimate of drug-likeness (QED) is 0.867. The van der Waals surface area contributed by atoms with Crippen LogP contribution in [0.1, 0.15) is 30.4 Å². The van der Waals surface area contributed by atoms with Crippen molar-refractivity contribution in [2.45, 2.75) is 32.2 Å². The van der Waals surface area contributed by atoms with Crippen LogP contribution in [-0.2, 0) is 0 Å². The summed E-state index contributed by atoms with van der Waals surface area (Å²) < 4.78 is 0. The summed E-state index contributed by atoms with van der Waals surface area (Å²) in [5.74, 6) is 0. The first-order chi connectivity index (χ1) is 8.74. The summed E-state index contributed by atoms with van der Waals surface area (Å²) in [6, 6.07) is 8.80. The molecule has 18 heavy (non-hydrogen) atoms. The number of anilines is 1. The van der Waals surface area contributed by atoms with Gasteiger partial charge in [0.05, 0.1) is 11.3 Å². The molecule has 1 N–H and O–H groups in total. The SMILES string of the molecule is Cc1cccc(C#N)c1N(C)C1CCCNCC1. The van der Waals surface area contributed by atoms with Crippen molar-refractivity contribution >= 4 is 5.69 Å². The largest absolute Gasteiger partial charge is 0.370 e. The molecule has 1 atom stereocenters. The molecule has 1 heterocycles. The highest BCUT2D eigenvalue weighted by atomic mass is 15.1. The van der Waals surface area contributed by atoms with Gasteiger partial charge >= 0.3 is 0 Å². The van der Waals surface area contributed by atoms with Gasteiger partial charge in [0.15, 0.2) is 0 Å². The van der Waals surface area contributed by atoms with Crippen molar-refractivity contribution in [3.8, 4) is 6.07 Å². The lowest BCUT2D eigenvalue weighted by Crippen LogP contribution is -2.33. The topological polar surface area (TPSA) is 39.1 Å². The second-order valence-corrected chi connectivity index (χ2v) is 5.03. The van der Waals surface area contributed by atoms with Gasteiger partial charge in [0, 0.05) is 13.1 Å². The molecule has 0 saturated carbocycles. The van der Waals surface area contributed by atoms with Crippen LogP contribution >= 0.6 is 0 Å². The molecule has 0 amide bonds. The molecule has 0 bridgehead atoms. The van der Waals surface area contributed by atoms with Gasteiger partial charge < -0.3 is 10.2 Å². The molecular weight excluding hydrogens is 222 g/mol. The molecule has 1 aliphatic rings. The third-order valence-electron chi connectivity index (χ3n) is 3.80. The van der Waals surface area contributed by atoms with Gasteiger partial charge in [-0.3, -0.25) is 0 Å². The zero-order valence-corrected chi connectivity index (χ0v) is 11.2. The monoisotopic (exact) mass is 243 g/mol. The normalized spacial score (nSPS) is 19.9. The molecule has 1 aromatic carbocycles. The maximum absolute atomic E-state index is 9.26. The van der Waals surface area contributed by atoms with Gasteiger partial charge in [0.1, 0.15) is 6.07 Å². The molecule has 1 unspecified atom stereocenters. The fourth-order valence-electron chi connectivity index (χ4n) is 2.79. The van der Waals surface area contributed by atoms with Crippen LogP contribution in [0.2, 0.25) is 0 Å². The van der Waals surface area contributed by atoms with E-state index in [9.17, 15) is 5.26 Å². The lowest BCUT2D eigenvalue weighted by atomic mass is 10.0. The Balaban J connectivity index is 2.27. The Labute approximate surface area is 109 Å². The van der Waals surface area contributed by atoms with Crippen LogP contribution in [0.5, 0.6) is 0 Å². The minimum Gasteiger partial charge on any atom is -0.370 e. The van der Waals surface area contributed by atoms with Crippen LogP contribution in [0.4, 0.5) is 5.69 Å². The Kier molecular flexibility index (Phi) is 4.22. The third kappa shape index (κ3) is 2.65. The van der Waals surface area contributed by atoms with Crippen molar-refractivity contribution in [3.05, 3.63) is 29.3 Å². The van der Waals surface area contributed by atoms with Crippen LogP contribution in [-0.4, -0.2) is 26.2 Å². The number of rotatable bonds is 2. The summed E-state index contributed by atoms with van der Waals surface area (Å²) in [5.41, 5.74) is 3.08. The van der Waals surface area contributed by atoms with E-state index in [1.54, 1.807) is 0 Å². The number of para-hydroxylation sites is 1. The zero-order valence-electron chi connectivity index (χ0n) is 11.2. The summed E-state index contributed by atoms with van der Waals surface area (Å²) in [6.07, 6.45) is 3.56. The van der Waals surface area contributed by atoms with E-state index in [0.717, 1.165) is 30.8 Å². The minimum absolute atomic E-state index is 0.535. The van der Waals surface area contributed by atoms with Crippen LogP contribution in [0.25, 0.3) is 0 Å². The highest BCUT2D eigenvalue weighted by Crippen LogP contribution is 2.27. The molecule has 3 nitrogen and oxygen atoms in total. The average Bonchev–Trinajstić information content (AvgIpc) is 2.66. The second-order valence-electron chi connectivity index (χ2n) is 5.03. The molecule has 2 rings (SSSR count). The highest BCUT2D eigenvalue weighted by Gasteiger charge is 2.20. The molecule has 0 aliphatic carbocycles. The van der Waals surface area contributed by atoms with E-state index in [1.807, 2.05) is 12.1 Å². The van der Waals surface area contributed by atoms with E-state index in [0.29, 0.717) is 6.04 Å². The Morgan fingerprint density at radius 3 is 2.94 bits per heavy atom. The van der Waals surface area contributed by atoms with Gasteiger partial charge in [0.25, 0.3) is 0 Å². The lowest BCUT2D eigenvalue weighted by Gasteiger charge is -2.31. The summed E-state index contributed by atoms with van der Waals surface area (Å²) in [6.45, 7) is 4.27. The first kappa shape index (κ1) is 12.9. The fourth-order valence-corrected chi connectivity index (χ4v) is 2.79. The standard InChI is InChI=1S/C15H21N3/c1-12-5-3-6-13(11-16)15(12)18(2)14-7-4-9-17-10-8-14/h3,5-6,14,17H,4,7-10H2,1-2H3. The minimum atomic E-state index is 0.535. The predicted octanol–water partition coefficient (Wildman–Crippen LogP) is 2.45. The molecule has 1 fully saturated rings. The maximum Gasteiger partial charge on any atom is 0.101 e. The zero-order chi connectivity index (χ0) is 13.0. The molecular formula is C15H21N3. The molecule has 3 heteroatoms. The van der Waals surface area contributed by atoms with E-state index < -0.39 is 0 Å². The van der Waals surface area contributed by atoms with Crippen molar-refractivity contribution < 1.29 is 0 Å². The maximum atomic E-state index is 9.26. The third-order valence-corrected chi connectivity index (χ3v) is 3.80. The molecule has 1 aliphatic heterocycles. The van der Waals surface area contributed by atoms with E-state index >= 15 is 0 Å². The summed E-state index contributed by atoms with van der Waals surface area (Å²) in [4.78, 5) is 2.31. The molecule has 1 aromatic rings. The van der Waals surface area contributed by atoms with E-state index in [4.69, 9.17) is 0 Å². The Morgan fingerprint density at radius 1 is 1.33 bits per heavy atom. The number of nitrogens with one attached hydrogen (secondary N) is 1. The van der Waals surface area contributed by atoms with Crippen molar-refractivity contribution in [1.29, 1.82) is 5.26 Å². The van der Waals surface area contributed by atoms with Crippen LogP contribution in [0, 0.1) is 18.3 Å². The van der Waals surface area contributed by atoms with E-state index in [1.165, 1.54) is 18.4 Å². The number of aryl methyl sites for hydroxylation is 1. The van der Waals surface area contributed by atoms with Crippen molar-refractivity contribution in [2.75, 3.05) is 25.0 Å². The van der Waals surface area contributed by atoms with Gasteiger partial charge in [-0.05, 0) is 50.9 Å². The predicted molar refractivity (Wildman–Crippen MR) is 74.8 cm³/mol. The number of hydrogen-bond acceptors (Lipinski definition) is 3. The van der Waals surface area contributed by atoms with Gasteiger partial charge in [-0.1, -0.05) is 12.1 Å². The first-order valence-electron chi connectivity index (χ1n) is 6.67. The van der Waals surface area contributed by atoms with Gasteiger partial charge in [-0.25, -0.2) is 0 Å². The average molecular weight is 243 g/mol. The Bertz CT molecular complexity index is 440. The Morgan fingerprint density at radius 2 is 2.17 bits per heavy atom. The second kappa shape index (κ2) is 5.88. The van der Waals surface area contributed by atoms with E-state index in [2.05, 4.69) is 36.3 Å². The molecule has 0 aromatic heterocycles. The van der Waals surface area contributed by atoms with Gasteiger partial charge in [0.2, 0.25) is 0 Å². The van der Waals surface area contributed by atoms with Crippen molar-refractivity contribution in [2.24, 2.45) is 0 Å². The number of benzene rings is 1. The molecule has 96 valence electrons. The van der Waals surface area contributed by atoms with Gasteiger partial charge in [-0.15, -0.1) is 0 Å². The fraction of sp³-hybridized carbons (Fsp3) is 0.533. The number of nitrogens with zero attached hydrogens (tertiary/aromatic N) is 2. The van der Waals surface area contributed by atoms with Crippen LogP contribution in [0.15, 0.2) is 18.2 Å². The molecule has 0 radical (unpaired) electrons. The van der Waals surface area contributed by atoms with Gasteiger partial charge in [-0.2, -0.15) is 5.26 Å².